The third-order valence-corrected chi connectivity index (χ3v) is 7.27. The van der Waals surface area contributed by atoms with Crippen LogP contribution in [0.15, 0.2) is 76.9 Å². The molecule has 0 spiro atoms. The Balaban J connectivity index is 2.51. The molecule has 0 bridgehead atoms. The molecule has 2 atom stereocenters. The number of benzene rings is 1. The van der Waals surface area contributed by atoms with E-state index >= 15 is 0 Å². The number of hydrogen-bond donors (Lipinski definition) is 0. The fourth-order valence-corrected chi connectivity index (χ4v) is 4.97. The molecule has 2 nitrogen and oxygen atoms in total. The van der Waals surface area contributed by atoms with Crippen LogP contribution in [0.4, 0.5) is 0 Å². The molecule has 0 amide bonds. The summed E-state index contributed by atoms with van der Waals surface area (Å²) < 4.78 is 0. The molecule has 34 heavy (non-hydrogen) atoms. The van der Waals surface area contributed by atoms with Gasteiger partial charge in [0.15, 0.2) is 0 Å². The van der Waals surface area contributed by atoms with Crippen molar-refractivity contribution < 1.29 is 0 Å². The molecule has 0 heterocycles. The second-order valence-corrected chi connectivity index (χ2v) is 9.79. The summed E-state index contributed by atoms with van der Waals surface area (Å²) in [6.07, 6.45) is 16.4. The van der Waals surface area contributed by atoms with Crippen molar-refractivity contribution in [3.63, 3.8) is 0 Å². The SMILES string of the molecule is C=CC(C=C)=C/N=C(C)/C(=N/C)C1CCCCC(C)CC/C1=C(/C)c1ccc(CCCC)cc1. The third kappa shape index (κ3) is 8.08. The van der Waals surface area contributed by atoms with Crippen LogP contribution in [0.3, 0.4) is 0 Å². The molecular formula is C32H46N2. The Morgan fingerprint density at radius 3 is 2.32 bits per heavy atom. The van der Waals surface area contributed by atoms with Gasteiger partial charge in [0.1, 0.15) is 0 Å². The molecule has 0 radical (unpaired) electrons. The number of allylic oxidation sites excluding steroid dienone is 5. The predicted octanol–water partition coefficient (Wildman–Crippen LogP) is 9.20. The molecule has 0 N–H and O–H groups in total. The van der Waals surface area contributed by atoms with Gasteiger partial charge < -0.3 is 0 Å². The number of aliphatic imine (C=N–C) groups is 2. The van der Waals surface area contributed by atoms with Crippen LogP contribution in [0, 0.1) is 11.8 Å². The Kier molecular flexibility index (Phi) is 12.0. The van der Waals surface area contributed by atoms with Crippen molar-refractivity contribution >= 4 is 17.0 Å². The van der Waals surface area contributed by atoms with Gasteiger partial charge in [0, 0.05) is 19.2 Å². The minimum Gasteiger partial charge on any atom is -0.291 e. The minimum atomic E-state index is 0.308. The van der Waals surface area contributed by atoms with E-state index in [1.807, 2.05) is 13.2 Å². The molecule has 1 aliphatic rings. The first-order valence-corrected chi connectivity index (χ1v) is 13.2. The molecular weight excluding hydrogens is 412 g/mol. The van der Waals surface area contributed by atoms with Gasteiger partial charge in [0.2, 0.25) is 0 Å². The Labute approximate surface area is 209 Å². The van der Waals surface area contributed by atoms with Gasteiger partial charge in [-0.3, -0.25) is 9.98 Å². The summed E-state index contributed by atoms with van der Waals surface area (Å²) in [5.41, 5.74) is 8.78. The van der Waals surface area contributed by atoms with E-state index in [2.05, 4.69) is 65.1 Å². The molecule has 184 valence electrons. The third-order valence-electron chi connectivity index (χ3n) is 7.27. The number of unbranched alkanes of at least 4 members (excludes halogenated alkanes) is 1. The van der Waals surface area contributed by atoms with Crippen LogP contribution in [0.25, 0.3) is 5.57 Å². The van der Waals surface area contributed by atoms with Crippen molar-refractivity contribution in [1.82, 2.24) is 0 Å². The highest BCUT2D eigenvalue weighted by Gasteiger charge is 2.26. The van der Waals surface area contributed by atoms with Crippen LogP contribution >= 0.6 is 0 Å². The molecule has 1 aromatic carbocycles. The van der Waals surface area contributed by atoms with Crippen molar-refractivity contribution in [1.29, 1.82) is 0 Å². The average Bonchev–Trinajstić information content (AvgIpc) is 2.94. The topological polar surface area (TPSA) is 24.7 Å². The van der Waals surface area contributed by atoms with Crippen molar-refractivity contribution in [3.05, 3.63) is 78.0 Å². The van der Waals surface area contributed by atoms with Crippen LogP contribution in [0.5, 0.6) is 0 Å². The summed E-state index contributed by atoms with van der Waals surface area (Å²) in [5.74, 6) is 1.07. The second-order valence-electron chi connectivity index (χ2n) is 9.79. The first kappa shape index (κ1) is 27.8. The van der Waals surface area contributed by atoms with Crippen LogP contribution in [-0.2, 0) is 6.42 Å². The molecule has 2 rings (SSSR count). The van der Waals surface area contributed by atoms with Crippen molar-refractivity contribution in [3.8, 4) is 0 Å². The molecule has 2 heteroatoms. The normalized spacial score (nSPS) is 21.7. The van der Waals surface area contributed by atoms with Crippen LogP contribution < -0.4 is 0 Å². The van der Waals surface area contributed by atoms with Gasteiger partial charge in [-0.2, -0.15) is 0 Å². The summed E-state index contributed by atoms with van der Waals surface area (Å²) in [5, 5.41) is 0. The highest BCUT2D eigenvalue weighted by atomic mass is 14.8. The monoisotopic (exact) mass is 458 g/mol. The number of nitrogens with zero attached hydrogens (tertiary/aromatic N) is 2. The number of hydrogen-bond acceptors (Lipinski definition) is 2. The van der Waals surface area contributed by atoms with E-state index in [0.717, 1.165) is 35.8 Å². The molecule has 0 aromatic heterocycles. The Morgan fingerprint density at radius 1 is 1.03 bits per heavy atom. The Hall–Kier alpha value is -2.48. The van der Waals surface area contributed by atoms with Crippen molar-refractivity contribution in [2.45, 2.75) is 85.5 Å². The largest absolute Gasteiger partial charge is 0.291 e. The molecule has 0 saturated heterocycles. The van der Waals surface area contributed by atoms with Crippen LogP contribution in [0.1, 0.15) is 90.2 Å². The standard InChI is InChI=1S/C32H46N2/c1-8-11-15-28-18-20-29(21-19-28)25(5)30-22-17-24(4)14-12-13-16-31(30)32(33-7)26(6)34-23-27(9-2)10-3/h9-10,18-21,23-24,31H,2-3,8,11-17,22H2,1,4-7H3/b30-25+,33-32-,34-26+. The Morgan fingerprint density at radius 2 is 1.71 bits per heavy atom. The van der Waals surface area contributed by atoms with Gasteiger partial charge in [0.05, 0.1) is 11.4 Å². The van der Waals surface area contributed by atoms with Gasteiger partial charge in [-0.1, -0.05) is 94.7 Å². The average molecular weight is 459 g/mol. The van der Waals surface area contributed by atoms with Gasteiger partial charge in [-0.25, -0.2) is 0 Å². The summed E-state index contributed by atoms with van der Waals surface area (Å²) in [6, 6.07) is 9.29. The quantitative estimate of drug-likeness (QED) is 0.260. The lowest BCUT2D eigenvalue weighted by Gasteiger charge is -2.25. The van der Waals surface area contributed by atoms with Crippen molar-refractivity contribution in [2.24, 2.45) is 21.8 Å². The highest BCUT2D eigenvalue weighted by Crippen LogP contribution is 2.35. The van der Waals surface area contributed by atoms with E-state index in [-0.39, 0.29) is 0 Å². The first-order valence-electron chi connectivity index (χ1n) is 13.2. The van der Waals surface area contributed by atoms with Crippen LogP contribution in [0.2, 0.25) is 0 Å². The van der Waals surface area contributed by atoms with Gasteiger partial charge in [-0.05, 0) is 74.1 Å². The van der Waals surface area contributed by atoms with E-state index in [9.17, 15) is 0 Å². The number of rotatable bonds is 9. The summed E-state index contributed by atoms with van der Waals surface area (Å²) in [6.45, 7) is 16.8. The zero-order chi connectivity index (χ0) is 24.9. The van der Waals surface area contributed by atoms with Gasteiger partial charge >= 0.3 is 0 Å². The molecule has 2 unspecified atom stereocenters. The molecule has 1 aliphatic carbocycles. The zero-order valence-electron chi connectivity index (χ0n) is 22.4. The lowest BCUT2D eigenvalue weighted by Crippen LogP contribution is -2.25. The smallest absolute Gasteiger partial charge is 0.0628 e. The minimum absolute atomic E-state index is 0.308. The van der Waals surface area contributed by atoms with E-state index in [4.69, 9.17) is 9.98 Å². The van der Waals surface area contributed by atoms with Gasteiger partial charge in [0.25, 0.3) is 0 Å². The van der Waals surface area contributed by atoms with E-state index in [1.165, 1.54) is 61.6 Å². The van der Waals surface area contributed by atoms with Crippen LogP contribution in [-0.4, -0.2) is 18.5 Å². The summed E-state index contributed by atoms with van der Waals surface area (Å²) in [7, 11) is 1.92. The van der Waals surface area contributed by atoms with Crippen molar-refractivity contribution in [2.75, 3.05) is 7.05 Å². The molecule has 1 saturated carbocycles. The molecule has 1 aromatic rings. The molecule has 0 aliphatic heterocycles. The fraction of sp³-hybridized carbons (Fsp3) is 0.500. The maximum absolute atomic E-state index is 4.81. The lowest BCUT2D eigenvalue weighted by molar-refractivity contribution is 0.475. The van der Waals surface area contributed by atoms with E-state index < -0.39 is 0 Å². The zero-order valence-corrected chi connectivity index (χ0v) is 22.4. The lowest BCUT2D eigenvalue weighted by atomic mass is 9.81. The first-order chi connectivity index (χ1) is 16.4. The highest BCUT2D eigenvalue weighted by molar-refractivity contribution is 6.43. The summed E-state index contributed by atoms with van der Waals surface area (Å²) in [4.78, 5) is 9.58. The molecule has 1 fully saturated rings. The number of aryl methyl sites for hydroxylation is 1. The Bertz CT molecular complexity index is 914. The maximum Gasteiger partial charge on any atom is 0.0628 e. The van der Waals surface area contributed by atoms with E-state index in [1.54, 1.807) is 17.7 Å². The van der Waals surface area contributed by atoms with Gasteiger partial charge in [-0.15, -0.1) is 0 Å². The summed E-state index contributed by atoms with van der Waals surface area (Å²) >= 11 is 0. The fourth-order valence-electron chi connectivity index (χ4n) is 4.97. The second kappa shape index (κ2) is 14.7. The van der Waals surface area contributed by atoms with E-state index in [0.29, 0.717) is 5.92 Å². The maximum atomic E-state index is 4.81. The predicted molar refractivity (Wildman–Crippen MR) is 153 cm³/mol.